The van der Waals surface area contributed by atoms with E-state index in [-0.39, 0.29) is 18.8 Å². The highest BCUT2D eigenvalue weighted by Gasteiger charge is 2.30. The maximum Gasteiger partial charge on any atom is 0.322 e. The lowest BCUT2D eigenvalue weighted by Gasteiger charge is -2.24. The van der Waals surface area contributed by atoms with Crippen LogP contribution in [0.5, 0.6) is 0 Å². The van der Waals surface area contributed by atoms with Crippen LogP contribution in [0.25, 0.3) is 0 Å². The molecule has 18 heteroatoms. The number of imidazole rings is 1. The largest absolute Gasteiger partial charge is 0.481 e. The summed E-state index contributed by atoms with van der Waals surface area (Å²) in [5.74, 6) is -6.23. The van der Waals surface area contributed by atoms with Gasteiger partial charge in [-0.05, 0) is 30.8 Å². The summed E-state index contributed by atoms with van der Waals surface area (Å²) in [6.07, 6.45) is 4.47. The monoisotopic (exact) mass is 628 g/mol. The minimum Gasteiger partial charge on any atom is -0.481 e. The smallest absolute Gasteiger partial charge is 0.322 e. The molecular weight excluding hydrogens is 588 g/mol. The molecule has 0 aromatic carbocycles. The van der Waals surface area contributed by atoms with Gasteiger partial charge in [0.25, 0.3) is 0 Å². The molecule has 43 heavy (non-hydrogen) atoms. The highest BCUT2D eigenvalue weighted by molar-refractivity contribution is 7.98. The zero-order valence-corrected chi connectivity index (χ0v) is 25.0. The van der Waals surface area contributed by atoms with Gasteiger partial charge in [-0.3, -0.25) is 33.6 Å². The van der Waals surface area contributed by atoms with Crippen molar-refractivity contribution >= 4 is 53.2 Å². The first-order valence-corrected chi connectivity index (χ1v) is 14.7. The van der Waals surface area contributed by atoms with Gasteiger partial charge in [0.1, 0.15) is 24.7 Å². The first-order valence-electron chi connectivity index (χ1n) is 13.3. The van der Waals surface area contributed by atoms with Gasteiger partial charge in [-0.2, -0.15) is 11.8 Å². The van der Waals surface area contributed by atoms with Gasteiger partial charge >= 0.3 is 11.9 Å². The molecule has 4 atom stereocenters. The van der Waals surface area contributed by atoms with E-state index in [2.05, 4.69) is 31.2 Å². The number of hydrogen-bond donors (Lipinski definition) is 9. The molecule has 1 aromatic heterocycles. The van der Waals surface area contributed by atoms with Gasteiger partial charge in [0.15, 0.2) is 0 Å². The van der Waals surface area contributed by atoms with Gasteiger partial charge < -0.3 is 47.5 Å². The van der Waals surface area contributed by atoms with Gasteiger partial charge in [-0.1, -0.05) is 13.8 Å². The first-order chi connectivity index (χ1) is 20.2. The number of carbonyl (C=O) groups excluding carboxylic acids is 5. The number of carboxylic acids is 2. The minimum atomic E-state index is -1.61. The molecule has 1 heterocycles. The second-order valence-electron chi connectivity index (χ2n) is 9.95. The minimum absolute atomic E-state index is 0.00519. The molecule has 0 aliphatic rings. The highest BCUT2D eigenvalue weighted by Crippen LogP contribution is 2.07. The molecule has 0 fully saturated rings. The third-order valence-electron chi connectivity index (χ3n) is 5.78. The molecule has 10 N–H and O–H groups in total. The summed E-state index contributed by atoms with van der Waals surface area (Å²) >= 11 is 1.51. The van der Waals surface area contributed by atoms with Crippen molar-refractivity contribution < 1.29 is 43.8 Å². The van der Waals surface area contributed by atoms with E-state index >= 15 is 0 Å². The Bertz CT molecular complexity index is 1120. The van der Waals surface area contributed by atoms with E-state index in [1.54, 1.807) is 20.0 Å². The number of aliphatic carboxylic acids is 2. The Hall–Kier alpha value is -4.19. The number of H-pyrrole nitrogens is 1. The molecule has 0 unspecified atom stereocenters. The van der Waals surface area contributed by atoms with Crippen molar-refractivity contribution in [3.63, 3.8) is 0 Å². The van der Waals surface area contributed by atoms with Crippen LogP contribution in [0.3, 0.4) is 0 Å². The van der Waals surface area contributed by atoms with Crippen molar-refractivity contribution in [2.24, 2.45) is 11.7 Å². The fraction of sp³-hybridized carbons (Fsp3) is 0.600. The Morgan fingerprint density at radius 1 is 0.884 bits per heavy atom. The standard InChI is InChI=1S/C25H40N8O9S/c1-13(2)6-16(25(42)33-18(8-20(35)36)24(41)29-11-21(37)38)31-19(34)10-28-23(40)17(7-14-9-27-12-30-14)32-22(39)15(26)4-5-43-3/h9,12-13,15-18H,4-8,10-11,26H2,1-3H3,(H,27,30)(H,28,40)(H,29,41)(H,31,34)(H,32,39)(H,33,42)(H,35,36)(H,37,38)/t15-,16-,17-,18-/m0/s1. The van der Waals surface area contributed by atoms with Crippen LogP contribution in [0.2, 0.25) is 0 Å². The fourth-order valence-corrected chi connectivity index (χ4v) is 4.15. The fourth-order valence-electron chi connectivity index (χ4n) is 3.66. The predicted molar refractivity (Wildman–Crippen MR) is 154 cm³/mol. The van der Waals surface area contributed by atoms with Crippen molar-refractivity contribution in [2.75, 3.05) is 25.1 Å². The second-order valence-corrected chi connectivity index (χ2v) is 10.9. The van der Waals surface area contributed by atoms with Crippen LogP contribution in [-0.2, 0) is 40.0 Å². The Morgan fingerprint density at radius 3 is 2.07 bits per heavy atom. The zero-order valence-electron chi connectivity index (χ0n) is 24.2. The molecular formula is C25H40N8O9S. The van der Waals surface area contributed by atoms with Gasteiger partial charge in [0.2, 0.25) is 29.5 Å². The molecule has 0 saturated carbocycles. The van der Waals surface area contributed by atoms with Crippen LogP contribution in [-0.4, -0.2) is 111 Å². The van der Waals surface area contributed by atoms with Gasteiger partial charge in [0.05, 0.1) is 31.0 Å². The van der Waals surface area contributed by atoms with Crippen molar-refractivity contribution in [3.05, 3.63) is 18.2 Å². The predicted octanol–water partition coefficient (Wildman–Crippen LogP) is -2.68. The van der Waals surface area contributed by atoms with Crippen LogP contribution in [0.4, 0.5) is 0 Å². The van der Waals surface area contributed by atoms with Gasteiger partial charge in [-0.15, -0.1) is 0 Å². The van der Waals surface area contributed by atoms with E-state index in [1.165, 1.54) is 18.1 Å². The number of thioether (sulfide) groups is 1. The maximum absolute atomic E-state index is 13.0. The lowest BCUT2D eigenvalue weighted by Crippen LogP contribution is -2.56. The number of rotatable bonds is 20. The molecule has 1 rings (SSSR count). The Labute approximate surface area is 252 Å². The lowest BCUT2D eigenvalue weighted by molar-refractivity contribution is -0.141. The maximum atomic E-state index is 13.0. The Balaban J connectivity index is 2.90. The number of carboxylic acid groups (broad SMARTS) is 2. The average Bonchev–Trinajstić information content (AvgIpc) is 3.44. The van der Waals surface area contributed by atoms with Gasteiger partial charge in [-0.25, -0.2) is 4.98 Å². The third-order valence-corrected chi connectivity index (χ3v) is 6.42. The van der Waals surface area contributed by atoms with E-state index in [1.807, 2.05) is 11.6 Å². The number of carbonyl (C=O) groups is 7. The Kier molecular flexibility index (Phi) is 16.3. The summed E-state index contributed by atoms with van der Waals surface area (Å²) < 4.78 is 0. The summed E-state index contributed by atoms with van der Waals surface area (Å²) in [7, 11) is 0. The van der Waals surface area contributed by atoms with Crippen molar-refractivity contribution in [1.29, 1.82) is 0 Å². The van der Waals surface area contributed by atoms with Crippen LogP contribution < -0.4 is 32.3 Å². The second kappa shape index (κ2) is 19.1. The molecule has 240 valence electrons. The molecule has 1 aromatic rings. The average molecular weight is 629 g/mol. The van der Waals surface area contributed by atoms with Crippen LogP contribution in [0, 0.1) is 5.92 Å². The number of aromatic amines is 1. The van der Waals surface area contributed by atoms with Crippen molar-refractivity contribution in [2.45, 2.75) is 63.7 Å². The van der Waals surface area contributed by atoms with Crippen molar-refractivity contribution in [1.82, 2.24) is 36.6 Å². The molecule has 0 bridgehead atoms. The lowest BCUT2D eigenvalue weighted by atomic mass is 10.0. The normalized spacial score (nSPS) is 13.6. The highest BCUT2D eigenvalue weighted by atomic mass is 32.2. The van der Waals surface area contributed by atoms with E-state index in [4.69, 9.17) is 15.9 Å². The number of nitrogens with zero attached hydrogens (tertiary/aromatic N) is 1. The first kappa shape index (κ1) is 36.8. The SMILES string of the molecule is CSCC[C@H](N)C(=O)N[C@@H](Cc1c[nH]cn1)C(=O)NCC(=O)N[C@@H](CC(C)C)C(=O)N[C@@H](CC(=O)O)C(=O)NCC(=O)O. The number of aromatic nitrogens is 2. The zero-order chi connectivity index (χ0) is 32.5. The molecule has 17 nitrogen and oxygen atoms in total. The van der Waals surface area contributed by atoms with E-state index in [9.17, 15) is 33.6 Å². The summed E-state index contributed by atoms with van der Waals surface area (Å²) in [4.78, 5) is 92.3. The molecule has 0 spiro atoms. The summed E-state index contributed by atoms with van der Waals surface area (Å²) in [5, 5.41) is 29.6. The Morgan fingerprint density at radius 2 is 1.51 bits per heavy atom. The van der Waals surface area contributed by atoms with Gasteiger partial charge in [0, 0.05) is 12.6 Å². The summed E-state index contributed by atoms with van der Waals surface area (Å²) in [5.41, 5.74) is 6.39. The molecule has 0 saturated heterocycles. The number of nitrogens with two attached hydrogens (primary N) is 1. The van der Waals surface area contributed by atoms with Crippen molar-refractivity contribution in [3.8, 4) is 0 Å². The van der Waals surface area contributed by atoms with Crippen LogP contribution in [0.1, 0.15) is 38.8 Å². The number of hydrogen-bond acceptors (Lipinski definition) is 10. The summed E-state index contributed by atoms with van der Waals surface area (Å²) in [6, 6.07) is -4.79. The quantitative estimate of drug-likeness (QED) is 0.0715. The molecule has 0 aliphatic carbocycles. The van der Waals surface area contributed by atoms with E-state index in [0.29, 0.717) is 17.9 Å². The summed E-state index contributed by atoms with van der Waals surface area (Å²) in [6.45, 7) is 2.15. The molecule has 5 amide bonds. The topological polar surface area (TPSA) is 275 Å². The number of nitrogens with one attached hydrogen (secondary N) is 6. The molecule has 0 aliphatic heterocycles. The van der Waals surface area contributed by atoms with Crippen LogP contribution in [0.15, 0.2) is 12.5 Å². The van der Waals surface area contributed by atoms with Crippen LogP contribution >= 0.6 is 11.8 Å². The third kappa shape index (κ3) is 15.0. The number of amides is 5. The van der Waals surface area contributed by atoms with E-state index in [0.717, 1.165) is 0 Å². The molecule has 0 radical (unpaired) electrons. The van der Waals surface area contributed by atoms with E-state index < -0.39 is 85.2 Å².